The van der Waals surface area contributed by atoms with Crippen LogP contribution >= 0.6 is 0 Å². The van der Waals surface area contributed by atoms with Gasteiger partial charge in [-0.15, -0.1) is 0 Å². The lowest BCUT2D eigenvalue weighted by Crippen LogP contribution is -2.28. The van der Waals surface area contributed by atoms with Crippen molar-refractivity contribution in [3.8, 4) is 0 Å². The van der Waals surface area contributed by atoms with Gasteiger partial charge >= 0.3 is 0 Å². The lowest BCUT2D eigenvalue weighted by Gasteiger charge is -2.21. The monoisotopic (exact) mass is 655 g/mol. The Bertz CT molecular complexity index is 1550. The highest BCUT2D eigenvalue weighted by atomic mass is 16.5. The molecule has 0 unspecified atom stereocenters. The molecule has 3 aliphatic heterocycles. The third-order valence-corrected chi connectivity index (χ3v) is 8.97. The number of nitrogens with zero attached hydrogens (tertiary/aromatic N) is 2. The molecule has 3 aromatic carbocycles. The van der Waals surface area contributed by atoms with Gasteiger partial charge in [0.05, 0.1) is 24.9 Å². The molecule has 0 atom stereocenters. The molecule has 6 rings (SSSR count). The summed E-state index contributed by atoms with van der Waals surface area (Å²) in [5.74, 6) is 0.00119. The smallest absolute Gasteiger partial charge is 0.255 e. The van der Waals surface area contributed by atoms with Crippen LogP contribution in [0.3, 0.4) is 0 Å². The Morgan fingerprint density at radius 2 is 1.23 bits per heavy atom. The van der Waals surface area contributed by atoms with Crippen molar-refractivity contribution in [3.05, 3.63) is 88.0 Å². The van der Waals surface area contributed by atoms with Gasteiger partial charge in [-0.05, 0) is 116 Å². The van der Waals surface area contributed by atoms with Gasteiger partial charge in [0, 0.05) is 17.9 Å². The molecule has 3 aliphatic rings. The summed E-state index contributed by atoms with van der Waals surface area (Å²) in [5, 5.41) is 19.6. The van der Waals surface area contributed by atoms with E-state index in [1.165, 1.54) is 27.8 Å². The van der Waals surface area contributed by atoms with Crippen LogP contribution in [0.25, 0.3) is 0 Å². The molecule has 258 valence electrons. The van der Waals surface area contributed by atoms with Gasteiger partial charge in [0.1, 0.15) is 0 Å². The molecule has 0 aliphatic carbocycles. The van der Waals surface area contributed by atoms with Crippen molar-refractivity contribution in [2.75, 3.05) is 48.4 Å². The van der Waals surface area contributed by atoms with Crippen LogP contribution in [0.1, 0.15) is 80.3 Å². The average molecular weight is 656 g/mol. The predicted octanol–water partition coefficient (Wildman–Crippen LogP) is 6.10. The number of nitrogens with one attached hydrogen (secondary N) is 3. The molecular weight excluding hydrogens is 602 g/mol. The van der Waals surface area contributed by atoms with E-state index in [0.29, 0.717) is 24.9 Å². The molecule has 9 nitrogen and oxygen atoms in total. The molecule has 9 heteroatoms. The van der Waals surface area contributed by atoms with Crippen molar-refractivity contribution < 1.29 is 19.6 Å². The van der Waals surface area contributed by atoms with Crippen LogP contribution in [0, 0.1) is 0 Å². The van der Waals surface area contributed by atoms with Crippen molar-refractivity contribution in [1.29, 1.82) is 0 Å². The maximum absolute atomic E-state index is 11.6. The summed E-state index contributed by atoms with van der Waals surface area (Å²) in [6.45, 7) is 14.0. The Morgan fingerprint density at radius 3 is 1.81 bits per heavy atom. The number of hydrogen-bond acceptors (Lipinski definition) is 6. The quantitative estimate of drug-likeness (QED) is 0.131. The molecule has 0 spiro atoms. The zero-order valence-electron chi connectivity index (χ0n) is 29.2. The fourth-order valence-electron chi connectivity index (χ4n) is 6.59. The highest BCUT2D eigenvalue weighted by molar-refractivity contribution is 6.00. The summed E-state index contributed by atoms with van der Waals surface area (Å²) in [5.41, 5.74) is 9.78. The summed E-state index contributed by atoms with van der Waals surface area (Å²) >= 11 is 0. The van der Waals surface area contributed by atoms with Crippen LogP contribution in [0.15, 0.2) is 54.6 Å². The Balaban J connectivity index is 0.000000168. The van der Waals surface area contributed by atoms with Crippen molar-refractivity contribution in [2.24, 2.45) is 0 Å². The number of anilines is 3. The largest absolute Gasteiger partial charge is 0.326 e. The van der Waals surface area contributed by atoms with E-state index in [1.54, 1.807) is 6.07 Å². The van der Waals surface area contributed by atoms with E-state index in [9.17, 15) is 19.6 Å². The Morgan fingerprint density at radius 1 is 0.667 bits per heavy atom. The summed E-state index contributed by atoms with van der Waals surface area (Å²) in [6.07, 6.45) is 7.83. The maximum atomic E-state index is 11.6. The van der Waals surface area contributed by atoms with Gasteiger partial charge < -0.3 is 20.9 Å². The lowest BCUT2D eigenvalue weighted by atomic mass is 10.0. The fraction of sp³-hybridized carbons (Fsp3) is 0.462. The third-order valence-electron chi connectivity index (χ3n) is 8.97. The van der Waals surface area contributed by atoms with Gasteiger partial charge in [-0.1, -0.05) is 64.1 Å². The minimum Gasteiger partial charge on any atom is -0.326 e. The van der Waals surface area contributed by atoms with E-state index in [1.807, 2.05) is 30.3 Å². The number of aryl methyl sites for hydroxylation is 1. The molecule has 0 saturated carbocycles. The maximum Gasteiger partial charge on any atom is 0.255 e. The lowest BCUT2D eigenvalue weighted by molar-refractivity contribution is -0.122. The van der Waals surface area contributed by atoms with Gasteiger partial charge in [-0.3, -0.25) is 19.6 Å². The first-order valence-corrected chi connectivity index (χ1v) is 17.7. The standard InChI is InChI=1S/C16H24N2O2.C13H18N2O.C10H11NO/c1-3-9-17(10-4-2)11-8-13-6-5-7-15-14(13)12-16(19)18(15)20;1-2-7-14-8-6-10-4-3-5-12-11(10)9-13(16)15-12;1-2-7-4-3-5-9-8(7)6-10(12)11-9/h5-7,20H,3-4,8-12H2,1-2H3;3-5,14H,2,6-9H2,1H3,(H,15,16);3-5H,2,6H2,1H3,(H,11,12). The number of fused-ring (bicyclic) bond motifs is 3. The molecule has 4 N–H and O–H groups in total. The Hall–Kier alpha value is -4.05. The second kappa shape index (κ2) is 18.5. The SMILES string of the molecule is CCCN(CCC)CCc1cccc2c1CC(=O)N2O.CCCNCCc1cccc2c1CC(=O)N2.CCc1cccc2c1CC(=O)N2. The zero-order valence-corrected chi connectivity index (χ0v) is 29.2. The number of rotatable bonds is 13. The topological polar surface area (TPSA) is 114 Å². The Kier molecular flexibility index (Phi) is 14.2. The van der Waals surface area contributed by atoms with E-state index in [2.05, 4.69) is 66.7 Å². The van der Waals surface area contributed by atoms with E-state index >= 15 is 0 Å². The average Bonchev–Trinajstić information content (AvgIpc) is 3.76. The first kappa shape index (κ1) is 36.8. The van der Waals surface area contributed by atoms with E-state index in [0.717, 1.165) is 93.3 Å². The summed E-state index contributed by atoms with van der Waals surface area (Å²) in [4.78, 5) is 36.4. The Labute approximate surface area is 286 Å². The van der Waals surface area contributed by atoms with Crippen LogP contribution in [-0.2, 0) is 52.9 Å². The molecule has 3 amide bonds. The summed E-state index contributed by atoms with van der Waals surface area (Å²) in [6, 6.07) is 17.9. The predicted molar refractivity (Wildman–Crippen MR) is 194 cm³/mol. The van der Waals surface area contributed by atoms with E-state index in [-0.39, 0.29) is 17.7 Å². The van der Waals surface area contributed by atoms with Crippen LogP contribution in [0.4, 0.5) is 17.1 Å². The van der Waals surface area contributed by atoms with Gasteiger partial charge in [-0.2, -0.15) is 5.06 Å². The zero-order chi connectivity index (χ0) is 34.5. The van der Waals surface area contributed by atoms with Gasteiger partial charge in [-0.25, -0.2) is 0 Å². The van der Waals surface area contributed by atoms with Crippen LogP contribution in [-0.4, -0.2) is 60.6 Å². The fourth-order valence-corrected chi connectivity index (χ4v) is 6.59. The van der Waals surface area contributed by atoms with Gasteiger partial charge in [0.25, 0.3) is 5.91 Å². The number of benzene rings is 3. The second-order valence-electron chi connectivity index (χ2n) is 12.6. The number of hydroxylamine groups is 1. The molecule has 0 aromatic heterocycles. The summed E-state index contributed by atoms with van der Waals surface area (Å²) in [7, 11) is 0. The number of carbonyl (C=O) groups is 3. The van der Waals surface area contributed by atoms with Crippen LogP contribution in [0.5, 0.6) is 0 Å². The van der Waals surface area contributed by atoms with E-state index in [4.69, 9.17) is 0 Å². The minimum atomic E-state index is -0.230. The molecular formula is C39H53N5O4. The first-order chi connectivity index (χ1) is 23.3. The highest BCUT2D eigenvalue weighted by Gasteiger charge is 2.28. The highest BCUT2D eigenvalue weighted by Crippen LogP contribution is 2.31. The molecule has 3 aromatic rings. The van der Waals surface area contributed by atoms with Crippen LogP contribution in [0.2, 0.25) is 0 Å². The molecule has 3 heterocycles. The third kappa shape index (κ3) is 9.75. The van der Waals surface area contributed by atoms with Crippen molar-refractivity contribution in [3.63, 3.8) is 0 Å². The van der Waals surface area contributed by atoms with Crippen molar-refractivity contribution in [2.45, 2.75) is 85.5 Å². The normalized spacial score (nSPS) is 14.0. The number of amides is 3. The van der Waals surface area contributed by atoms with Gasteiger partial charge in [0.15, 0.2) is 0 Å². The first-order valence-electron chi connectivity index (χ1n) is 17.7. The summed E-state index contributed by atoms with van der Waals surface area (Å²) < 4.78 is 0. The molecule has 0 bridgehead atoms. The van der Waals surface area contributed by atoms with Crippen molar-refractivity contribution in [1.82, 2.24) is 10.2 Å². The molecule has 48 heavy (non-hydrogen) atoms. The molecule has 0 fully saturated rings. The number of hydrogen-bond donors (Lipinski definition) is 4. The number of carbonyl (C=O) groups excluding carboxylic acids is 3. The molecule has 0 radical (unpaired) electrons. The minimum absolute atomic E-state index is 0.115. The van der Waals surface area contributed by atoms with Crippen molar-refractivity contribution >= 4 is 34.8 Å². The second-order valence-corrected chi connectivity index (χ2v) is 12.6. The van der Waals surface area contributed by atoms with E-state index < -0.39 is 0 Å². The molecule has 0 saturated heterocycles. The van der Waals surface area contributed by atoms with Gasteiger partial charge in [0.2, 0.25) is 11.8 Å². The van der Waals surface area contributed by atoms with Crippen LogP contribution < -0.4 is 21.0 Å².